The van der Waals surface area contributed by atoms with Gasteiger partial charge < -0.3 is 15.2 Å². The summed E-state index contributed by atoms with van der Waals surface area (Å²) in [6.45, 7) is 5.80. The summed E-state index contributed by atoms with van der Waals surface area (Å²) in [5, 5.41) is 3.98. The molecule has 1 saturated heterocycles. The van der Waals surface area contributed by atoms with Crippen LogP contribution >= 0.6 is 0 Å². The van der Waals surface area contributed by atoms with Gasteiger partial charge in [0.15, 0.2) is 5.82 Å². The van der Waals surface area contributed by atoms with E-state index in [1.807, 2.05) is 11.8 Å². The highest BCUT2D eigenvalue weighted by Crippen LogP contribution is 2.29. The Morgan fingerprint density at radius 2 is 1.95 bits per heavy atom. The summed E-state index contributed by atoms with van der Waals surface area (Å²) < 4.78 is 5.13. The van der Waals surface area contributed by atoms with Crippen LogP contribution in [0.4, 0.5) is 0 Å². The van der Waals surface area contributed by atoms with Crippen LogP contribution in [-0.2, 0) is 17.8 Å². The van der Waals surface area contributed by atoms with Crippen LogP contribution < -0.4 is 5.73 Å². The van der Waals surface area contributed by atoms with E-state index < -0.39 is 5.54 Å². The predicted molar refractivity (Wildman–Crippen MR) is 80.9 cm³/mol. The van der Waals surface area contributed by atoms with E-state index in [9.17, 15) is 4.79 Å². The summed E-state index contributed by atoms with van der Waals surface area (Å²) in [6.07, 6.45) is 4.55. The van der Waals surface area contributed by atoms with Gasteiger partial charge in [-0.2, -0.15) is 4.98 Å². The molecule has 22 heavy (non-hydrogen) atoms. The quantitative estimate of drug-likeness (QED) is 0.874. The Bertz CT molecular complexity index is 516. The fourth-order valence-electron chi connectivity index (χ4n) is 3.34. The monoisotopic (exact) mass is 307 g/mol. The molecule has 7 heteroatoms. The summed E-state index contributed by atoms with van der Waals surface area (Å²) in [5.41, 5.74) is 5.67. The number of aromatic nitrogens is 2. The molecule has 2 aliphatic rings. The molecule has 2 N–H and O–H groups in total. The highest BCUT2D eigenvalue weighted by molar-refractivity contribution is 5.86. The number of piperazine rings is 1. The molecular formula is C15H25N5O2. The molecule has 0 bridgehead atoms. The van der Waals surface area contributed by atoms with Crippen molar-refractivity contribution in [3.05, 3.63) is 11.7 Å². The molecule has 1 aliphatic heterocycles. The Morgan fingerprint density at radius 3 is 2.55 bits per heavy atom. The van der Waals surface area contributed by atoms with Crippen molar-refractivity contribution in [1.82, 2.24) is 19.9 Å². The first kappa shape index (κ1) is 15.4. The minimum absolute atomic E-state index is 0.137. The summed E-state index contributed by atoms with van der Waals surface area (Å²) in [4.78, 5) is 21.1. The predicted octanol–water partition coefficient (Wildman–Crippen LogP) is 0.548. The van der Waals surface area contributed by atoms with Crippen LogP contribution in [0.5, 0.6) is 0 Å². The third kappa shape index (κ3) is 3.15. The van der Waals surface area contributed by atoms with Gasteiger partial charge in [0, 0.05) is 32.6 Å². The average Bonchev–Trinajstić information content (AvgIpc) is 3.17. The first-order valence-electron chi connectivity index (χ1n) is 8.23. The molecule has 7 nitrogen and oxygen atoms in total. The molecule has 1 aromatic rings. The van der Waals surface area contributed by atoms with Crippen LogP contribution in [0, 0.1) is 0 Å². The molecule has 1 aromatic heterocycles. The summed E-state index contributed by atoms with van der Waals surface area (Å²) in [6, 6.07) is 0. The second kappa shape index (κ2) is 6.34. The van der Waals surface area contributed by atoms with Gasteiger partial charge in [0.25, 0.3) is 0 Å². The zero-order chi connectivity index (χ0) is 15.6. The van der Waals surface area contributed by atoms with Crippen LogP contribution in [0.3, 0.4) is 0 Å². The van der Waals surface area contributed by atoms with Gasteiger partial charge in [0.05, 0.1) is 12.1 Å². The van der Waals surface area contributed by atoms with Gasteiger partial charge in [-0.25, -0.2) is 0 Å². The number of nitrogens with zero attached hydrogens (tertiary/aromatic N) is 4. The lowest BCUT2D eigenvalue weighted by Gasteiger charge is -2.38. The van der Waals surface area contributed by atoms with E-state index in [1.165, 1.54) is 0 Å². The lowest BCUT2D eigenvalue weighted by Crippen LogP contribution is -2.58. The highest BCUT2D eigenvalue weighted by Gasteiger charge is 2.40. The number of carbonyl (C=O) groups excluding carboxylic acids is 1. The maximum atomic E-state index is 12.6. The van der Waals surface area contributed by atoms with Gasteiger partial charge in [0.1, 0.15) is 0 Å². The van der Waals surface area contributed by atoms with E-state index >= 15 is 0 Å². The Kier molecular flexibility index (Phi) is 4.44. The molecule has 3 rings (SSSR count). The highest BCUT2D eigenvalue weighted by atomic mass is 16.5. The van der Waals surface area contributed by atoms with Crippen molar-refractivity contribution >= 4 is 5.91 Å². The number of hydrogen-bond donors (Lipinski definition) is 1. The second-order valence-corrected chi connectivity index (χ2v) is 6.39. The van der Waals surface area contributed by atoms with E-state index in [-0.39, 0.29) is 5.91 Å². The van der Waals surface area contributed by atoms with Crippen molar-refractivity contribution in [2.75, 3.05) is 26.2 Å². The van der Waals surface area contributed by atoms with E-state index in [0.29, 0.717) is 12.4 Å². The lowest BCUT2D eigenvalue weighted by molar-refractivity contribution is -0.138. The number of amides is 1. The van der Waals surface area contributed by atoms with Crippen LogP contribution in [0.15, 0.2) is 4.52 Å². The molecule has 1 saturated carbocycles. The number of rotatable bonds is 4. The zero-order valence-electron chi connectivity index (χ0n) is 13.3. The number of hydrogen-bond acceptors (Lipinski definition) is 6. The minimum Gasteiger partial charge on any atom is -0.339 e. The van der Waals surface area contributed by atoms with Crippen molar-refractivity contribution in [2.45, 2.75) is 51.1 Å². The molecule has 1 amide bonds. The van der Waals surface area contributed by atoms with Crippen LogP contribution in [0.1, 0.15) is 44.3 Å². The maximum Gasteiger partial charge on any atom is 0.242 e. The van der Waals surface area contributed by atoms with Crippen molar-refractivity contribution in [3.63, 3.8) is 0 Å². The average molecular weight is 307 g/mol. The molecule has 0 spiro atoms. The second-order valence-electron chi connectivity index (χ2n) is 6.39. The Balaban J connectivity index is 1.50. The normalized spacial score (nSPS) is 22.2. The molecule has 0 radical (unpaired) electrons. The number of nitrogens with two attached hydrogens (primary N) is 1. The summed E-state index contributed by atoms with van der Waals surface area (Å²) in [5.74, 6) is 1.54. The van der Waals surface area contributed by atoms with Crippen molar-refractivity contribution in [1.29, 1.82) is 0 Å². The van der Waals surface area contributed by atoms with Crippen LogP contribution in [0.2, 0.25) is 0 Å². The molecule has 2 heterocycles. The Hall–Kier alpha value is -1.47. The molecular weight excluding hydrogens is 282 g/mol. The van der Waals surface area contributed by atoms with Gasteiger partial charge in [-0.1, -0.05) is 24.9 Å². The minimum atomic E-state index is -0.605. The molecule has 122 valence electrons. The first-order valence-corrected chi connectivity index (χ1v) is 8.23. The van der Waals surface area contributed by atoms with Crippen molar-refractivity contribution in [2.24, 2.45) is 5.73 Å². The SMILES string of the molecule is CCc1nc(CN2CCN(C(=O)C3(N)CCCC3)CC2)no1. The largest absolute Gasteiger partial charge is 0.339 e. The van der Waals surface area contributed by atoms with Crippen LogP contribution in [0.25, 0.3) is 0 Å². The summed E-state index contributed by atoms with van der Waals surface area (Å²) in [7, 11) is 0. The number of aryl methyl sites for hydroxylation is 1. The molecule has 0 aromatic carbocycles. The third-order valence-corrected chi connectivity index (χ3v) is 4.76. The topological polar surface area (TPSA) is 88.5 Å². The van der Waals surface area contributed by atoms with E-state index in [0.717, 1.165) is 64.1 Å². The zero-order valence-corrected chi connectivity index (χ0v) is 13.3. The van der Waals surface area contributed by atoms with Crippen molar-refractivity contribution < 1.29 is 9.32 Å². The lowest BCUT2D eigenvalue weighted by atomic mass is 9.97. The van der Waals surface area contributed by atoms with Crippen molar-refractivity contribution in [3.8, 4) is 0 Å². The molecule has 2 fully saturated rings. The van der Waals surface area contributed by atoms with Gasteiger partial charge in [-0.15, -0.1) is 0 Å². The first-order chi connectivity index (χ1) is 10.6. The fourth-order valence-corrected chi connectivity index (χ4v) is 3.34. The van der Waals surface area contributed by atoms with Crippen LogP contribution in [-0.4, -0.2) is 57.6 Å². The molecule has 0 unspecified atom stereocenters. The fraction of sp³-hybridized carbons (Fsp3) is 0.800. The summed E-state index contributed by atoms with van der Waals surface area (Å²) >= 11 is 0. The Labute approximate surface area is 130 Å². The molecule has 1 aliphatic carbocycles. The van der Waals surface area contributed by atoms with Gasteiger partial charge in [-0.05, 0) is 12.8 Å². The number of carbonyl (C=O) groups is 1. The maximum absolute atomic E-state index is 12.6. The third-order valence-electron chi connectivity index (χ3n) is 4.76. The van der Waals surface area contributed by atoms with E-state index in [2.05, 4.69) is 15.0 Å². The Morgan fingerprint density at radius 1 is 1.27 bits per heavy atom. The van der Waals surface area contributed by atoms with Gasteiger partial charge in [0.2, 0.25) is 11.8 Å². The van der Waals surface area contributed by atoms with E-state index in [4.69, 9.17) is 10.3 Å². The van der Waals surface area contributed by atoms with E-state index in [1.54, 1.807) is 0 Å². The smallest absolute Gasteiger partial charge is 0.242 e. The van der Waals surface area contributed by atoms with Gasteiger partial charge >= 0.3 is 0 Å². The standard InChI is InChI=1S/C15H25N5O2/c1-2-13-17-12(18-22-13)11-19-7-9-20(10-8-19)14(21)15(16)5-3-4-6-15/h2-11,16H2,1H3. The van der Waals surface area contributed by atoms with Gasteiger partial charge in [-0.3, -0.25) is 9.69 Å². The molecule has 0 atom stereocenters.